The summed E-state index contributed by atoms with van der Waals surface area (Å²) in [5.41, 5.74) is 11.7. The summed E-state index contributed by atoms with van der Waals surface area (Å²) in [5, 5.41) is 44.4. The van der Waals surface area contributed by atoms with Gasteiger partial charge in [0.2, 0.25) is 17.7 Å². The second kappa shape index (κ2) is 15.4. The van der Waals surface area contributed by atoms with Crippen molar-refractivity contribution in [2.24, 2.45) is 11.5 Å². The summed E-state index contributed by atoms with van der Waals surface area (Å²) in [6, 6.07) is -0.133. The first-order valence-corrected chi connectivity index (χ1v) is 11.6. The maximum Gasteiger partial charge on any atom is 0.328 e. The minimum atomic E-state index is -1.69. The van der Waals surface area contributed by atoms with Gasteiger partial charge in [-0.05, 0) is 44.0 Å². The van der Waals surface area contributed by atoms with Crippen molar-refractivity contribution in [3.05, 3.63) is 29.8 Å². The number of amides is 3. The molecular formula is C23H35N5O9. The van der Waals surface area contributed by atoms with Gasteiger partial charge in [-0.25, -0.2) is 4.79 Å². The van der Waals surface area contributed by atoms with Gasteiger partial charge >= 0.3 is 11.9 Å². The number of carboxylic acid groups (broad SMARTS) is 2. The first-order valence-electron chi connectivity index (χ1n) is 11.6. The Morgan fingerprint density at radius 1 is 0.892 bits per heavy atom. The van der Waals surface area contributed by atoms with Crippen LogP contribution in [0.4, 0.5) is 0 Å². The smallest absolute Gasteiger partial charge is 0.328 e. The maximum absolute atomic E-state index is 13.0. The number of carbonyl (C=O) groups excluding carboxylic acids is 3. The van der Waals surface area contributed by atoms with E-state index in [1.54, 1.807) is 0 Å². The molecule has 1 rings (SSSR count). The Kier molecular flexibility index (Phi) is 13.0. The van der Waals surface area contributed by atoms with Gasteiger partial charge in [0.15, 0.2) is 6.04 Å². The van der Waals surface area contributed by atoms with Crippen LogP contribution >= 0.6 is 0 Å². The number of aliphatic hydroxyl groups is 1. The van der Waals surface area contributed by atoms with Gasteiger partial charge in [0.05, 0.1) is 18.6 Å². The van der Waals surface area contributed by atoms with Gasteiger partial charge in [0.25, 0.3) is 0 Å². The number of nitrogens with one attached hydrogen (secondary N) is 3. The number of aromatic hydroxyl groups is 1. The lowest BCUT2D eigenvalue weighted by Crippen LogP contribution is -2.59. The van der Waals surface area contributed by atoms with Gasteiger partial charge in [-0.2, -0.15) is 0 Å². The van der Waals surface area contributed by atoms with Gasteiger partial charge in [-0.3, -0.25) is 19.2 Å². The number of carboxylic acids is 2. The largest absolute Gasteiger partial charge is 0.508 e. The predicted octanol–water partition coefficient (Wildman–Crippen LogP) is -2.21. The molecule has 14 nitrogen and oxygen atoms in total. The Bertz CT molecular complexity index is 939. The van der Waals surface area contributed by atoms with Crippen LogP contribution in [-0.2, 0) is 30.4 Å². The molecule has 1 aromatic carbocycles. The van der Waals surface area contributed by atoms with Crippen LogP contribution in [0.25, 0.3) is 0 Å². The normalized spacial score (nSPS) is 14.9. The molecule has 0 aliphatic heterocycles. The van der Waals surface area contributed by atoms with Gasteiger partial charge in [0.1, 0.15) is 17.8 Å². The van der Waals surface area contributed by atoms with E-state index in [2.05, 4.69) is 16.0 Å². The maximum atomic E-state index is 13.0. The van der Waals surface area contributed by atoms with Crippen LogP contribution in [0.2, 0.25) is 0 Å². The van der Waals surface area contributed by atoms with Crippen LogP contribution < -0.4 is 27.4 Å². The quantitative estimate of drug-likeness (QED) is 0.104. The molecule has 0 saturated carbocycles. The van der Waals surface area contributed by atoms with Crippen molar-refractivity contribution in [3.8, 4) is 5.75 Å². The number of rotatable bonds is 16. The van der Waals surface area contributed by atoms with Crippen molar-refractivity contribution < 1.29 is 44.4 Å². The van der Waals surface area contributed by atoms with Crippen LogP contribution in [0, 0.1) is 0 Å². The molecule has 37 heavy (non-hydrogen) atoms. The highest BCUT2D eigenvalue weighted by Crippen LogP contribution is 2.12. The first-order chi connectivity index (χ1) is 17.3. The minimum absolute atomic E-state index is 0.0548. The Balaban J connectivity index is 3.11. The van der Waals surface area contributed by atoms with E-state index in [0.717, 1.165) is 6.92 Å². The molecule has 0 saturated heterocycles. The number of benzene rings is 1. The number of hydrogen-bond acceptors (Lipinski definition) is 9. The van der Waals surface area contributed by atoms with Crippen molar-refractivity contribution in [2.45, 2.75) is 69.3 Å². The summed E-state index contributed by atoms with van der Waals surface area (Å²) in [6.45, 7) is 1.56. The van der Waals surface area contributed by atoms with Crippen LogP contribution in [-0.4, -0.2) is 86.9 Å². The monoisotopic (exact) mass is 525 g/mol. The fourth-order valence-electron chi connectivity index (χ4n) is 3.29. The van der Waals surface area contributed by atoms with Gasteiger partial charge < -0.3 is 47.8 Å². The zero-order valence-corrected chi connectivity index (χ0v) is 20.4. The minimum Gasteiger partial charge on any atom is -0.508 e. The fraction of sp³-hybridized carbons (Fsp3) is 0.522. The number of hydrogen-bond donors (Lipinski definition) is 9. The highest BCUT2D eigenvalue weighted by atomic mass is 16.4. The molecule has 206 valence electrons. The number of aliphatic carboxylic acids is 2. The molecule has 0 aromatic heterocycles. The standard InChI is InChI=1S/C23H35N5O9/c1-12(29)19(23(36)37)28-22(35)16(10-13-5-7-14(30)8-6-13)27-21(34)17(11-18(31)32)26-20(33)15(25)4-2-3-9-24/h5-8,12,15-17,19,29-30H,2-4,9-11,24-25H2,1H3,(H,26,33)(H,27,34)(H,28,35)(H,31,32)(H,36,37)/t12-,15+,16+,17+,19+/m1/s1. The number of phenolic OH excluding ortho intramolecular Hbond substituents is 1. The van der Waals surface area contributed by atoms with E-state index in [1.165, 1.54) is 24.3 Å². The molecule has 0 aliphatic rings. The number of phenols is 1. The second-order valence-corrected chi connectivity index (χ2v) is 8.55. The van der Waals surface area contributed by atoms with E-state index in [9.17, 15) is 44.4 Å². The lowest BCUT2D eigenvalue weighted by molar-refractivity contribution is -0.145. The first kappa shape index (κ1) is 31.3. The molecule has 3 amide bonds. The predicted molar refractivity (Wildman–Crippen MR) is 130 cm³/mol. The Morgan fingerprint density at radius 3 is 1.97 bits per heavy atom. The molecule has 0 unspecified atom stereocenters. The molecule has 0 bridgehead atoms. The summed E-state index contributed by atoms with van der Waals surface area (Å²) < 4.78 is 0. The average molecular weight is 526 g/mol. The van der Waals surface area contributed by atoms with Gasteiger partial charge in [-0.15, -0.1) is 0 Å². The van der Waals surface area contributed by atoms with E-state index in [-0.39, 0.29) is 18.6 Å². The zero-order chi connectivity index (χ0) is 28.1. The van der Waals surface area contributed by atoms with E-state index < -0.39 is 66.4 Å². The summed E-state index contributed by atoms with van der Waals surface area (Å²) in [7, 11) is 0. The fourth-order valence-corrected chi connectivity index (χ4v) is 3.29. The van der Waals surface area contributed by atoms with Crippen LogP contribution in [0.5, 0.6) is 5.75 Å². The van der Waals surface area contributed by atoms with Crippen LogP contribution in [0.15, 0.2) is 24.3 Å². The molecule has 14 heteroatoms. The highest BCUT2D eigenvalue weighted by Gasteiger charge is 2.32. The average Bonchev–Trinajstić information content (AvgIpc) is 2.82. The molecule has 0 fully saturated rings. The molecule has 11 N–H and O–H groups in total. The number of nitrogens with two attached hydrogens (primary N) is 2. The molecule has 0 spiro atoms. The molecule has 0 heterocycles. The topological polar surface area (TPSA) is 254 Å². The van der Waals surface area contributed by atoms with Gasteiger partial charge in [0, 0.05) is 6.42 Å². The van der Waals surface area contributed by atoms with E-state index in [4.69, 9.17) is 11.5 Å². The second-order valence-electron chi connectivity index (χ2n) is 8.55. The third kappa shape index (κ3) is 11.2. The Morgan fingerprint density at radius 2 is 1.46 bits per heavy atom. The van der Waals surface area contributed by atoms with E-state index in [1.807, 2.05) is 0 Å². The number of unbranched alkanes of at least 4 members (excludes halogenated alkanes) is 1. The third-order valence-electron chi connectivity index (χ3n) is 5.37. The van der Waals surface area contributed by atoms with Crippen molar-refractivity contribution in [2.75, 3.05) is 6.54 Å². The molecule has 5 atom stereocenters. The lowest BCUT2D eigenvalue weighted by atomic mass is 10.0. The van der Waals surface area contributed by atoms with Crippen molar-refractivity contribution in [1.29, 1.82) is 0 Å². The SMILES string of the molecule is C[C@@H](O)[C@H](NC(=O)[C@H](Cc1ccc(O)cc1)NC(=O)[C@H](CC(=O)O)NC(=O)[C@@H](N)CCCCN)C(=O)O. The third-order valence-corrected chi connectivity index (χ3v) is 5.37. The summed E-state index contributed by atoms with van der Waals surface area (Å²) in [6.07, 6.45) is -1.04. The Hall–Kier alpha value is -3.75. The Labute approximate surface area is 213 Å². The molecule has 1 aromatic rings. The van der Waals surface area contributed by atoms with Crippen LogP contribution in [0.3, 0.4) is 0 Å². The molecule has 0 aliphatic carbocycles. The van der Waals surface area contributed by atoms with Crippen LogP contribution in [0.1, 0.15) is 38.2 Å². The summed E-state index contributed by atoms with van der Waals surface area (Å²) in [4.78, 5) is 61.1. The molecule has 0 radical (unpaired) electrons. The number of aliphatic hydroxyl groups excluding tert-OH is 1. The lowest BCUT2D eigenvalue weighted by Gasteiger charge is -2.25. The van der Waals surface area contributed by atoms with E-state index >= 15 is 0 Å². The van der Waals surface area contributed by atoms with Gasteiger partial charge in [-0.1, -0.05) is 18.6 Å². The van der Waals surface area contributed by atoms with Crippen molar-refractivity contribution in [3.63, 3.8) is 0 Å². The number of carbonyl (C=O) groups is 5. The zero-order valence-electron chi connectivity index (χ0n) is 20.4. The van der Waals surface area contributed by atoms with E-state index in [0.29, 0.717) is 24.9 Å². The highest BCUT2D eigenvalue weighted by molar-refractivity contribution is 5.95. The van der Waals surface area contributed by atoms with Crippen molar-refractivity contribution >= 4 is 29.7 Å². The van der Waals surface area contributed by atoms with Crippen molar-refractivity contribution in [1.82, 2.24) is 16.0 Å². The summed E-state index contributed by atoms with van der Waals surface area (Å²) in [5.74, 6) is -5.74. The summed E-state index contributed by atoms with van der Waals surface area (Å²) >= 11 is 0. The molecular weight excluding hydrogens is 490 g/mol.